The summed E-state index contributed by atoms with van der Waals surface area (Å²) < 4.78 is 128. The third-order valence-corrected chi connectivity index (χ3v) is 9.27. The maximum Gasteiger partial charge on any atom is 0.534 e. The Balaban J connectivity index is 1.99. The lowest BCUT2D eigenvalue weighted by atomic mass is 9.80. The minimum atomic E-state index is -6.19. The Morgan fingerprint density at radius 3 is 1.91 bits per heavy atom. The first-order chi connectivity index (χ1) is 22.3. The van der Waals surface area contributed by atoms with Crippen LogP contribution in [0.3, 0.4) is 0 Å². The van der Waals surface area contributed by atoms with Crippen molar-refractivity contribution in [3.8, 4) is 11.5 Å². The first-order valence-electron chi connectivity index (χ1n) is 14.1. The maximum absolute atomic E-state index is 13.8. The molecule has 11 nitrogen and oxygen atoms in total. The van der Waals surface area contributed by atoms with Crippen molar-refractivity contribution in [3.63, 3.8) is 0 Å². The monoisotopic (exact) mass is 701 g/mol. The van der Waals surface area contributed by atoms with Gasteiger partial charge in [-0.3, -0.25) is 4.72 Å². The minimum absolute atomic E-state index is 0.0586. The number of benzene rings is 3. The number of nitrogens with one attached hydrogen (secondary N) is 1. The van der Waals surface area contributed by atoms with Crippen molar-refractivity contribution >= 4 is 25.8 Å². The quantitative estimate of drug-likeness (QED) is 0.0663. The number of fused-ring (bicyclic) bond motifs is 1. The van der Waals surface area contributed by atoms with Crippen LogP contribution in [0.15, 0.2) is 77.7 Å². The molecule has 256 valence electrons. The molecule has 3 aromatic carbocycles. The van der Waals surface area contributed by atoms with Crippen LogP contribution in [0.4, 0.5) is 18.9 Å². The Labute approximate surface area is 271 Å². The Hall–Kier alpha value is -3.67. The van der Waals surface area contributed by atoms with Crippen LogP contribution >= 0.6 is 0 Å². The van der Waals surface area contributed by atoms with Crippen LogP contribution in [-0.2, 0) is 45.7 Å². The van der Waals surface area contributed by atoms with Gasteiger partial charge in [-0.2, -0.15) is 21.6 Å². The van der Waals surface area contributed by atoms with E-state index in [9.17, 15) is 30.0 Å². The second-order valence-electron chi connectivity index (χ2n) is 10.4. The number of hydrogen-bond acceptors (Lipinski definition) is 10. The molecule has 2 atom stereocenters. The van der Waals surface area contributed by atoms with Crippen LogP contribution < -0.4 is 13.6 Å². The largest absolute Gasteiger partial charge is 0.534 e. The van der Waals surface area contributed by atoms with E-state index in [2.05, 4.69) is 4.72 Å². The van der Waals surface area contributed by atoms with Crippen molar-refractivity contribution in [1.82, 2.24) is 0 Å². The number of ether oxygens (including phenoxy) is 5. The summed E-state index contributed by atoms with van der Waals surface area (Å²) in [5.41, 5.74) is -4.52. The summed E-state index contributed by atoms with van der Waals surface area (Å²) in [6, 6.07) is 15.6. The topological polar surface area (TPSA) is 136 Å². The summed E-state index contributed by atoms with van der Waals surface area (Å²) in [6.45, 7) is 0.927. The fourth-order valence-electron chi connectivity index (χ4n) is 4.79. The molecule has 0 saturated heterocycles. The van der Waals surface area contributed by atoms with Crippen molar-refractivity contribution in [3.05, 3.63) is 95.1 Å². The zero-order valence-corrected chi connectivity index (χ0v) is 27.3. The van der Waals surface area contributed by atoms with Crippen LogP contribution in [0.1, 0.15) is 34.1 Å². The van der Waals surface area contributed by atoms with Gasteiger partial charge >= 0.3 is 15.6 Å². The van der Waals surface area contributed by atoms with Gasteiger partial charge in [-0.05, 0) is 30.2 Å². The molecule has 0 aliphatic heterocycles. The first kappa shape index (κ1) is 36.2. The van der Waals surface area contributed by atoms with Gasteiger partial charge in [0.05, 0.1) is 23.8 Å². The fraction of sp³-hybridized carbons (Fsp3) is 0.355. The lowest BCUT2D eigenvalue weighted by Crippen LogP contribution is -2.30. The van der Waals surface area contributed by atoms with E-state index in [1.54, 1.807) is 61.5 Å². The lowest BCUT2D eigenvalue weighted by molar-refractivity contribution is -0.0501. The number of alkyl halides is 3. The van der Waals surface area contributed by atoms with Crippen LogP contribution in [0, 0.1) is 6.92 Å². The van der Waals surface area contributed by atoms with Gasteiger partial charge in [-0.25, -0.2) is 8.42 Å². The molecular formula is C31H34F3NO10S2. The Bertz CT molecular complexity index is 1750. The summed E-state index contributed by atoms with van der Waals surface area (Å²) in [7, 11) is -7.77. The van der Waals surface area contributed by atoms with Crippen molar-refractivity contribution < 1.29 is 57.9 Å². The average molecular weight is 702 g/mol. The number of methoxy groups -OCH3 is 2. The molecule has 47 heavy (non-hydrogen) atoms. The third kappa shape index (κ3) is 9.03. The molecule has 0 fully saturated rings. The molecular weight excluding hydrogens is 667 g/mol. The van der Waals surface area contributed by atoms with Gasteiger partial charge in [0, 0.05) is 37.7 Å². The molecule has 16 heteroatoms. The highest BCUT2D eigenvalue weighted by Crippen LogP contribution is 2.50. The number of hydrogen-bond donors (Lipinski definition) is 1. The number of aryl methyl sites for hydroxylation is 1. The van der Waals surface area contributed by atoms with Crippen LogP contribution in [0.25, 0.3) is 0 Å². The standard InChI is InChI=1S/C31H34F3NO10S2/c1-21-9-13-25(14-10-21)46(36,37)35-30-27(44-16-22-7-5-4-6-8-22)15-26(45-47(38,39)31(32,33)34)28-23(17-42-19-40-2)11-12-24(29(28)30)18-43-20-41-3/h4-15,23-24,35H,16-20H2,1-3H3. The molecule has 1 aliphatic rings. The van der Waals surface area contributed by atoms with E-state index in [0.29, 0.717) is 5.56 Å². The van der Waals surface area contributed by atoms with Gasteiger partial charge in [0.25, 0.3) is 10.0 Å². The van der Waals surface area contributed by atoms with Gasteiger partial charge < -0.3 is 27.9 Å². The maximum atomic E-state index is 13.8. The van der Waals surface area contributed by atoms with Crippen LogP contribution in [0.5, 0.6) is 11.5 Å². The molecule has 1 aliphatic carbocycles. The van der Waals surface area contributed by atoms with E-state index in [1.807, 2.05) is 0 Å². The highest BCUT2D eigenvalue weighted by Gasteiger charge is 2.49. The molecule has 3 aromatic rings. The molecule has 0 saturated carbocycles. The molecule has 0 aromatic heterocycles. The molecule has 0 amide bonds. The Morgan fingerprint density at radius 1 is 0.787 bits per heavy atom. The molecule has 0 radical (unpaired) electrons. The van der Waals surface area contributed by atoms with Gasteiger partial charge in [0.15, 0.2) is 5.75 Å². The second-order valence-corrected chi connectivity index (χ2v) is 13.6. The van der Waals surface area contributed by atoms with Gasteiger partial charge in [0.2, 0.25) is 0 Å². The average Bonchev–Trinajstić information content (AvgIpc) is 3.02. The predicted octanol–water partition coefficient (Wildman–Crippen LogP) is 5.58. The molecule has 0 spiro atoms. The van der Waals surface area contributed by atoms with Crippen molar-refractivity contribution in [2.75, 3.05) is 45.7 Å². The molecule has 0 heterocycles. The Kier molecular flexibility index (Phi) is 11.9. The van der Waals surface area contributed by atoms with E-state index < -0.39 is 43.2 Å². The first-order valence-corrected chi connectivity index (χ1v) is 17.0. The predicted molar refractivity (Wildman–Crippen MR) is 165 cm³/mol. The highest BCUT2D eigenvalue weighted by atomic mass is 32.2. The summed E-state index contributed by atoms with van der Waals surface area (Å²) >= 11 is 0. The van der Waals surface area contributed by atoms with Crippen molar-refractivity contribution in [1.29, 1.82) is 0 Å². The normalized spacial score (nSPS) is 16.5. The van der Waals surface area contributed by atoms with E-state index in [0.717, 1.165) is 11.6 Å². The molecule has 1 N–H and O–H groups in total. The van der Waals surface area contributed by atoms with Crippen molar-refractivity contribution in [2.24, 2.45) is 0 Å². The zero-order chi connectivity index (χ0) is 34.2. The number of halogens is 3. The SMILES string of the molecule is COCOCC1C=CC(COCOC)c2c(NS(=O)(=O)c3ccc(C)cc3)c(OCc3ccccc3)cc(OS(=O)(=O)C(F)(F)F)c21. The molecule has 2 unspecified atom stereocenters. The molecule has 0 bridgehead atoms. The van der Waals surface area contributed by atoms with E-state index in [1.165, 1.54) is 26.4 Å². The van der Waals surface area contributed by atoms with Crippen LogP contribution in [-0.4, -0.2) is 63.4 Å². The second kappa shape index (κ2) is 15.5. The Morgan fingerprint density at radius 2 is 1.36 bits per heavy atom. The summed E-state index contributed by atoms with van der Waals surface area (Å²) in [5.74, 6) is -2.78. The van der Waals surface area contributed by atoms with Crippen LogP contribution in [0.2, 0.25) is 0 Å². The van der Waals surface area contributed by atoms with Gasteiger partial charge in [0.1, 0.15) is 25.9 Å². The van der Waals surface area contributed by atoms with E-state index in [-0.39, 0.29) is 60.9 Å². The number of rotatable bonds is 16. The van der Waals surface area contributed by atoms with Gasteiger partial charge in [-0.1, -0.05) is 60.2 Å². The fourth-order valence-corrected chi connectivity index (χ4v) is 6.35. The van der Waals surface area contributed by atoms with E-state index >= 15 is 0 Å². The summed E-state index contributed by atoms with van der Waals surface area (Å²) in [5, 5.41) is 0. The smallest absolute Gasteiger partial charge is 0.487 e. The number of sulfonamides is 1. The zero-order valence-electron chi connectivity index (χ0n) is 25.7. The summed E-state index contributed by atoms with van der Waals surface area (Å²) in [4.78, 5) is -0.107. The van der Waals surface area contributed by atoms with Crippen molar-refractivity contribution in [2.45, 2.75) is 35.8 Å². The molecule has 4 rings (SSSR count). The van der Waals surface area contributed by atoms with Gasteiger partial charge in [-0.15, -0.1) is 0 Å². The minimum Gasteiger partial charge on any atom is -0.487 e. The lowest BCUT2D eigenvalue weighted by Gasteiger charge is -2.32. The van der Waals surface area contributed by atoms with E-state index in [4.69, 9.17) is 27.9 Å². The number of anilines is 1. The third-order valence-electron chi connectivity index (χ3n) is 6.94. The highest BCUT2D eigenvalue weighted by molar-refractivity contribution is 7.92. The summed E-state index contributed by atoms with van der Waals surface area (Å²) in [6.07, 6.45) is 3.22.